The monoisotopic (exact) mass is 206 g/mol. The molecule has 1 rings (SSSR count). The Hall–Kier alpha value is -1.40. The molecule has 80 valence electrons. The van der Waals surface area contributed by atoms with Crippen LogP contribution in [0.2, 0.25) is 0 Å². The number of nitrogens with zero attached hydrogens (tertiary/aromatic N) is 1. The summed E-state index contributed by atoms with van der Waals surface area (Å²) >= 11 is 0. The Kier molecular flexibility index (Phi) is 3.43. The van der Waals surface area contributed by atoms with Gasteiger partial charge in [0.05, 0.1) is 6.57 Å². The number of rotatable bonds is 2. The highest BCUT2D eigenvalue weighted by Gasteiger charge is 2.09. The second-order valence-electron chi connectivity index (χ2n) is 4.50. The lowest BCUT2D eigenvalue weighted by molar-refractivity contribution is 0.424. The van der Waals surface area contributed by atoms with Gasteiger partial charge in [-0.25, -0.2) is 9.24 Å². The highest BCUT2D eigenvalue weighted by atomic mass is 19.1. The molecule has 0 fully saturated rings. The smallest absolute Gasteiger partial charge is 0.222 e. The molecular weight excluding hydrogens is 191 g/mol. The maximum atomic E-state index is 13.0. The third-order valence-electron chi connectivity index (χ3n) is 1.95. The van der Waals surface area contributed by atoms with Crippen molar-refractivity contribution in [2.24, 2.45) is 0 Å². The minimum atomic E-state index is -0.454. The van der Waals surface area contributed by atoms with Crippen molar-refractivity contribution in [2.75, 3.05) is 0 Å². The molecule has 0 bridgehead atoms. The summed E-state index contributed by atoms with van der Waals surface area (Å²) in [7, 11) is 0. The van der Waals surface area contributed by atoms with Crippen molar-refractivity contribution >= 4 is 5.69 Å². The Bertz CT molecular complexity index is 386. The van der Waals surface area contributed by atoms with Gasteiger partial charge < -0.3 is 5.32 Å². The van der Waals surface area contributed by atoms with Gasteiger partial charge in [0.25, 0.3) is 0 Å². The minimum absolute atomic E-state index is 0.0205. The van der Waals surface area contributed by atoms with E-state index in [1.807, 2.05) is 0 Å². The molecule has 1 N–H and O–H groups in total. The molecule has 0 spiro atoms. The Morgan fingerprint density at radius 1 is 1.40 bits per heavy atom. The van der Waals surface area contributed by atoms with Crippen molar-refractivity contribution in [2.45, 2.75) is 32.9 Å². The molecule has 0 unspecified atom stereocenters. The van der Waals surface area contributed by atoms with E-state index in [2.05, 4.69) is 30.9 Å². The van der Waals surface area contributed by atoms with Crippen molar-refractivity contribution < 1.29 is 4.39 Å². The molecule has 15 heavy (non-hydrogen) atoms. The Morgan fingerprint density at radius 2 is 2.07 bits per heavy atom. The van der Waals surface area contributed by atoms with E-state index in [-0.39, 0.29) is 11.2 Å². The van der Waals surface area contributed by atoms with Crippen molar-refractivity contribution in [1.82, 2.24) is 5.32 Å². The Balaban J connectivity index is 2.76. The van der Waals surface area contributed by atoms with Gasteiger partial charge in [-0.3, -0.25) is 0 Å². The predicted octanol–water partition coefficient (Wildman–Crippen LogP) is 3.26. The molecule has 0 heterocycles. The molecule has 3 heteroatoms. The van der Waals surface area contributed by atoms with Crippen LogP contribution in [0.5, 0.6) is 0 Å². The van der Waals surface area contributed by atoms with Crippen LogP contribution >= 0.6 is 0 Å². The van der Waals surface area contributed by atoms with Gasteiger partial charge in [0.2, 0.25) is 5.69 Å². The van der Waals surface area contributed by atoms with E-state index in [0.29, 0.717) is 6.54 Å². The Morgan fingerprint density at radius 3 is 2.60 bits per heavy atom. The number of hydrogen-bond donors (Lipinski definition) is 1. The van der Waals surface area contributed by atoms with Crippen molar-refractivity contribution in [3.05, 3.63) is 41.0 Å². The van der Waals surface area contributed by atoms with Crippen LogP contribution in [0.15, 0.2) is 18.2 Å². The lowest BCUT2D eigenvalue weighted by atomic mass is 10.1. The average Bonchev–Trinajstić information content (AvgIpc) is 2.15. The van der Waals surface area contributed by atoms with Crippen LogP contribution in [0.25, 0.3) is 4.85 Å². The van der Waals surface area contributed by atoms with Gasteiger partial charge in [-0.1, -0.05) is 6.07 Å². The van der Waals surface area contributed by atoms with Crippen molar-refractivity contribution in [3.8, 4) is 0 Å². The topological polar surface area (TPSA) is 16.4 Å². The normalized spacial score (nSPS) is 11.1. The van der Waals surface area contributed by atoms with Gasteiger partial charge in [-0.2, -0.15) is 0 Å². The fourth-order valence-corrected chi connectivity index (χ4v) is 1.12. The van der Waals surface area contributed by atoms with Gasteiger partial charge in [0, 0.05) is 12.1 Å². The maximum absolute atomic E-state index is 13.0. The van der Waals surface area contributed by atoms with Crippen LogP contribution in [-0.2, 0) is 6.54 Å². The summed E-state index contributed by atoms with van der Waals surface area (Å²) in [5.74, 6) is -0.454. The van der Waals surface area contributed by atoms with E-state index in [9.17, 15) is 4.39 Å². The maximum Gasteiger partial charge on any atom is 0.222 e. The average molecular weight is 206 g/mol. The SMILES string of the molecule is [C-]#[N+]c1cc(CNC(C)(C)C)ccc1F. The molecule has 0 aliphatic heterocycles. The lowest BCUT2D eigenvalue weighted by Crippen LogP contribution is -2.35. The first-order valence-electron chi connectivity index (χ1n) is 4.83. The van der Waals surface area contributed by atoms with E-state index < -0.39 is 5.82 Å². The van der Waals surface area contributed by atoms with E-state index >= 15 is 0 Å². The van der Waals surface area contributed by atoms with Gasteiger partial charge >= 0.3 is 0 Å². The first-order chi connectivity index (χ1) is 6.92. The van der Waals surface area contributed by atoms with Crippen LogP contribution in [0.4, 0.5) is 10.1 Å². The zero-order valence-electron chi connectivity index (χ0n) is 9.26. The summed E-state index contributed by atoms with van der Waals surface area (Å²) in [6.45, 7) is 13.6. The molecule has 0 aliphatic carbocycles. The van der Waals surface area contributed by atoms with Crippen LogP contribution in [0.1, 0.15) is 26.3 Å². The summed E-state index contributed by atoms with van der Waals surface area (Å²) in [6.07, 6.45) is 0. The molecule has 0 saturated carbocycles. The van der Waals surface area contributed by atoms with Gasteiger partial charge in [-0.05, 0) is 38.5 Å². The Labute approximate surface area is 89.9 Å². The molecule has 0 aliphatic rings. The van der Waals surface area contributed by atoms with Crippen LogP contribution in [0, 0.1) is 12.4 Å². The molecule has 0 radical (unpaired) electrons. The minimum Gasteiger partial charge on any atom is -0.308 e. The zero-order valence-corrected chi connectivity index (χ0v) is 9.26. The second-order valence-corrected chi connectivity index (χ2v) is 4.50. The summed E-state index contributed by atoms with van der Waals surface area (Å²) in [4.78, 5) is 3.12. The number of halogens is 1. The third-order valence-corrected chi connectivity index (χ3v) is 1.95. The largest absolute Gasteiger partial charge is 0.308 e. The van der Waals surface area contributed by atoms with Crippen LogP contribution in [0.3, 0.4) is 0 Å². The summed E-state index contributed by atoms with van der Waals surface area (Å²) in [5.41, 5.74) is 1.03. The standard InChI is InChI=1S/C12H15FN2/c1-12(2,3)15-8-9-5-6-10(13)11(7-9)14-4/h5-7,15H,8H2,1-3H3. The fraction of sp³-hybridized carbons (Fsp3) is 0.417. The zero-order chi connectivity index (χ0) is 11.5. The lowest BCUT2D eigenvalue weighted by Gasteiger charge is -2.20. The molecule has 0 aromatic heterocycles. The van der Waals surface area contributed by atoms with Gasteiger partial charge in [-0.15, -0.1) is 0 Å². The van der Waals surface area contributed by atoms with Crippen molar-refractivity contribution in [3.63, 3.8) is 0 Å². The molecule has 0 atom stereocenters. The van der Waals surface area contributed by atoms with E-state index in [0.717, 1.165) is 5.56 Å². The fourth-order valence-electron chi connectivity index (χ4n) is 1.12. The van der Waals surface area contributed by atoms with Crippen LogP contribution in [-0.4, -0.2) is 5.54 Å². The quantitative estimate of drug-likeness (QED) is 0.734. The molecule has 0 saturated heterocycles. The molecular formula is C12H15FN2. The van der Waals surface area contributed by atoms with Crippen molar-refractivity contribution in [1.29, 1.82) is 0 Å². The summed E-state index contributed by atoms with van der Waals surface area (Å²) in [5, 5.41) is 3.28. The number of benzene rings is 1. The molecule has 0 amide bonds. The van der Waals surface area contributed by atoms with Gasteiger partial charge in [0.15, 0.2) is 0 Å². The summed E-state index contributed by atoms with van der Waals surface area (Å²) < 4.78 is 13.0. The first-order valence-corrected chi connectivity index (χ1v) is 4.83. The molecule has 1 aromatic carbocycles. The highest BCUT2D eigenvalue weighted by molar-refractivity contribution is 5.48. The molecule has 1 aromatic rings. The number of hydrogen-bond acceptors (Lipinski definition) is 1. The first kappa shape index (κ1) is 11.7. The van der Waals surface area contributed by atoms with Crippen LogP contribution < -0.4 is 5.32 Å². The van der Waals surface area contributed by atoms with E-state index in [1.54, 1.807) is 12.1 Å². The number of nitrogens with one attached hydrogen (secondary N) is 1. The molecule has 2 nitrogen and oxygen atoms in total. The predicted molar refractivity (Wildman–Crippen MR) is 59.3 cm³/mol. The second kappa shape index (κ2) is 4.41. The van der Waals surface area contributed by atoms with E-state index in [1.165, 1.54) is 6.07 Å². The highest BCUT2D eigenvalue weighted by Crippen LogP contribution is 2.19. The van der Waals surface area contributed by atoms with E-state index in [4.69, 9.17) is 6.57 Å². The van der Waals surface area contributed by atoms with Gasteiger partial charge in [0.1, 0.15) is 5.82 Å². The third kappa shape index (κ3) is 3.69. The summed E-state index contributed by atoms with van der Waals surface area (Å²) in [6, 6.07) is 4.62.